The molecule has 6 nitrogen and oxygen atoms in total. The molecule has 0 radical (unpaired) electrons. The quantitative estimate of drug-likeness (QED) is 0.905. The second kappa shape index (κ2) is 6.81. The van der Waals surface area contributed by atoms with E-state index in [2.05, 4.69) is 4.98 Å². The van der Waals surface area contributed by atoms with E-state index in [4.69, 9.17) is 10.00 Å². The first kappa shape index (κ1) is 16.8. The zero-order chi connectivity index (χ0) is 18.0. The van der Waals surface area contributed by atoms with E-state index in [-0.39, 0.29) is 11.5 Å². The number of aryl methyl sites for hydroxylation is 1. The number of hydrogen-bond donors (Lipinski definition) is 1. The van der Waals surface area contributed by atoms with Gasteiger partial charge in [-0.1, -0.05) is 6.07 Å². The molecule has 0 atom stereocenters. The molecule has 128 valence electrons. The third-order valence-electron chi connectivity index (χ3n) is 4.59. The summed E-state index contributed by atoms with van der Waals surface area (Å²) in [6.07, 6.45) is 1.50. The maximum Gasteiger partial charge on any atom is 0.266 e. The van der Waals surface area contributed by atoms with E-state index >= 15 is 0 Å². The van der Waals surface area contributed by atoms with Crippen molar-refractivity contribution in [2.45, 2.75) is 19.8 Å². The van der Waals surface area contributed by atoms with E-state index in [1.807, 2.05) is 24.3 Å². The van der Waals surface area contributed by atoms with Crippen molar-refractivity contribution in [2.75, 3.05) is 20.2 Å². The number of hydrogen-bond acceptors (Lipinski definition) is 4. The van der Waals surface area contributed by atoms with Crippen LogP contribution in [0.5, 0.6) is 5.75 Å². The molecule has 1 aromatic heterocycles. The number of H-pyrrole nitrogens is 1. The lowest BCUT2D eigenvalue weighted by Crippen LogP contribution is -2.34. The van der Waals surface area contributed by atoms with Crippen molar-refractivity contribution >= 4 is 5.91 Å². The van der Waals surface area contributed by atoms with E-state index in [1.165, 1.54) is 17.2 Å². The number of methoxy groups -OCH3 is 1. The highest BCUT2D eigenvalue weighted by molar-refractivity contribution is 5.95. The Balaban J connectivity index is 1.86. The number of nitriles is 1. The highest BCUT2D eigenvalue weighted by Crippen LogP contribution is 2.22. The fraction of sp³-hybridized carbons (Fsp3) is 0.316. The van der Waals surface area contributed by atoms with Gasteiger partial charge in [0.05, 0.1) is 12.7 Å². The Bertz CT molecular complexity index is 924. The van der Waals surface area contributed by atoms with Crippen molar-refractivity contribution in [2.24, 2.45) is 0 Å². The predicted octanol–water partition coefficient (Wildman–Crippen LogP) is 1.80. The second-order valence-electron chi connectivity index (χ2n) is 6.09. The molecule has 0 spiro atoms. The number of amides is 1. The maximum atomic E-state index is 12.9. The molecule has 25 heavy (non-hydrogen) atoms. The number of pyridine rings is 1. The molecule has 1 aromatic carbocycles. The number of aromatic nitrogens is 1. The van der Waals surface area contributed by atoms with E-state index < -0.39 is 5.56 Å². The van der Waals surface area contributed by atoms with Gasteiger partial charge in [0.15, 0.2) is 0 Å². The highest BCUT2D eigenvalue weighted by Gasteiger charge is 2.22. The number of aromatic amines is 1. The molecule has 6 heteroatoms. The molecule has 0 aliphatic carbocycles. The van der Waals surface area contributed by atoms with Crippen molar-refractivity contribution in [3.63, 3.8) is 0 Å². The monoisotopic (exact) mass is 337 g/mol. The summed E-state index contributed by atoms with van der Waals surface area (Å²) in [4.78, 5) is 28.9. The Labute approximate surface area is 145 Å². The topological polar surface area (TPSA) is 86.2 Å². The van der Waals surface area contributed by atoms with Crippen molar-refractivity contribution in [1.82, 2.24) is 9.88 Å². The van der Waals surface area contributed by atoms with Crippen LogP contribution in [0.2, 0.25) is 0 Å². The van der Waals surface area contributed by atoms with Gasteiger partial charge in [0, 0.05) is 18.8 Å². The summed E-state index contributed by atoms with van der Waals surface area (Å²) < 4.78 is 5.27. The number of ether oxygens (including phenoxy) is 1. The first-order valence-corrected chi connectivity index (χ1v) is 8.12. The van der Waals surface area contributed by atoms with Crippen LogP contribution in [0.25, 0.3) is 0 Å². The molecular formula is C19H19N3O3. The zero-order valence-corrected chi connectivity index (χ0v) is 14.3. The van der Waals surface area contributed by atoms with Crippen molar-refractivity contribution in [1.29, 1.82) is 5.26 Å². The van der Waals surface area contributed by atoms with Crippen LogP contribution in [0, 0.1) is 18.3 Å². The lowest BCUT2D eigenvalue weighted by molar-refractivity contribution is 0.0762. The minimum absolute atomic E-state index is 0.0446. The average Bonchev–Trinajstić information content (AvgIpc) is 2.83. The molecule has 1 N–H and O–H groups in total. The van der Waals surface area contributed by atoms with Gasteiger partial charge in [0.25, 0.3) is 11.5 Å². The number of benzene rings is 1. The Hall–Kier alpha value is -3.07. The average molecular weight is 337 g/mol. The molecule has 1 aliphatic heterocycles. The Kier molecular flexibility index (Phi) is 4.57. The molecular weight excluding hydrogens is 318 g/mol. The van der Waals surface area contributed by atoms with Gasteiger partial charge < -0.3 is 14.6 Å². The van der Waals surface area contributed by atoms with Crippen LogP contribution >= 0.6 is 0 Å². The highest BCUT2D eigenvalue weighted by atomic mass is 16.5. The smallest absolute Gasteiger partial charge is 0.266 e. The van der Waals surface area contributed by atoms with E-state index in [9.17, 15) is 9.59 Å². The summed E-state index contributed by atoms with van der Waals surface area (Å²) in [5.74, 6) is 0.652. The Morgan fingerprint density at radius 3 is 2.64 bits per heavy atom. The lowest BCUT2D eigenvalue weighted by Gasteiger charge is -2.21. The summed E-state index contributed by atoms with van der Waals surface area (Å²) in [6, 6.07) is 9.21. The summed E-state index contributed by atoms with van der Waals surface area (Å²) in [5, 5.41) is 9.03. The SMILES string of the molecule is COc1ccc2c(c1)CCN(C(=O)c1cc(C#N)c(=O)[nH]c1C)CC2. The fourth-order valence-corrected chi connectivity index (χ4v) is 3.13. The Morgan fingerprint density at radius 1 is 1.24 bits per heavy atom. The van der Waals surface area contributed by atoms with Crippen LogP contribution in [0.1, 0.15) is 32.7 Å². The van der Waals surface area contributed by atoms with E-state index in [0.29, 0.717) is 24.3 Å². The van der Waals surface area contributed by atoms with Crippen LogP contribution in [-0.2, 0) is 12.8 Å². The van der Waals surface area contributed by atoms with Crippen LogP contribution < -0.4 is 10.3 Å². The molecule has 3 rings (SSSR count). The van der Waals surface area contributed by atoms with Crippen molar-refractivity contribution in [3.05, 3.63) is 62.6 Å². The number of carbonyl (C=O) groups excluding carboxylic acids is 1. The molecule has 1 aliphatic rings. The minimum atomic E-state index is -0.466. The van der Waals surface area contributed by atoms with Gasteiger partial charge in [0.1, 0.15) is 17.4 Å². The van der Waals surface area contributed by atoms with Crippen molar-refractivity contribution in [3.8, 4) is 11.8 Å². The summed E-state index contributed by atoms with van der Waals surface area (Å²) in [5.41, 5.74) is 2.75. The summed E-state index contributed by atoms with van der Waals surface area (Å²) in [6.45, 7) is 2.85. The van der Waals surface area contributed by atoms with Crippen LogP contribution in [0.15, 0.2) is 29.1 Å². The third-order valence-corrected chi connectivity index (χ3v) is 4.59. The maximum absolute atomic E-state index is 12.9. The lowest BCUT2D eigenvalue weighted by atomic mass is 10.0. The minimum Gasteiger partial charge on any atom is -0.497 e. The number of nitrogens with zero attached hydrogens (tertiary/aromatic N) is 2. The van der Waals surface area contributed by atoms with E-state index in [1.54, 1.807) is 18.9 Å². The Morgan fingerprint density at radius 2 is 1.96 bits per heavy atom. The van der Waals surface area contributed by atoms with Crippen LogP contribution in [0.3, 0.4) is 0 Å². The first-order chi connectivity index (χ1) is 12.0. The van der Waals surface area contributed by atoms with Gasteiger partial charge in [-0.05, 0) is 49.1 Å². The standard InChI is InChI=1S/C19H19N3O3/c1-12-17(10-15(11-20)18(23)21-12)19(24)22-7-5-13-3-4-16(25-2)9-14(13)6-8-22/h3-4,9-10H,5-8H2,1-2H3,(H,21,23). The van der Waals surface area contributed by atoms with Gasteiger partial charge >= 0.3 is 0 Å². The largest absolute Gasteiger partial charge is 0.497 e. The fourth-order valence-electron chi connectivity index (χ4n) is 3.13. The number of rotatable bonds is 2. The van der Waals surface area contributed by atoms with Crippen LogP contribution in [0.4, 0.5) is 0 Å². The van der Waals surface area contributed by atoms with Gasteiger partial charge in [0.2, 0.25) is 0 Å². The molecule has 2 aromatic rings. The third kappa shape index (κ3) is 3.26. The molecule has 0 saturated carbocycles. The number of carbonyl (C=O) groups is 1. The van der Waals surface area contributed by atoms with Gasteiger partial charge in [-0.2, -0.15) is 5.26 Å². The number of fused-ring (bicyclic) bond motifs is 1. The van der Waals surface area contributed by atoms with Gasteiger partial charge in [-0.15, -0.1) is 0 Å². The van der Waals surface area contributed by atoms with Gasteiger partial charge in [-0.3, -0.25) is 9.59 Å². The summed E-state index contributed by atoms with van der Waals surface area (Å²) >= 11 is 0. The normalized spacial score (nSPS) is 13.6. The number of nitrogens with one attached hydrogen (secondary N) is 1. The molecule has 0 unspecified atom stereocenters. The molecule has 0 saturated heterocycles. The molecule has 1 amide bonds. The van der Waals surface area contributed by atoms with Crippen molar-refractivity contribution < 1.29 is 9.53 Å². The molecule has 2 heterocycles. The first-order valence-electron chi connectivity index (χ1n) is 8.12. The van der Waals surface area contributed by atoms with Crippen LogP contribution in [-0.4, -0.2) is 36.0 Å². The zero-order valence-electron chi connectivity index (χ0n) is 14.3. The second-order valence-corrected chi connectivity index (χ2v) is 6.09. The summed E-state index contributed by atoms with van der Waals surface area (Å²) in [7, 11) is 1.64. The van der Waals surface area contributed by atoms with Gasteiger partial charge in [-0.25, -0.2) is 0 Å². The molecule has 0 bridgehead atoms. The van der Waals surface area contributed by atoms with E-state index in [0.717, 1.165) is 18.6 Å². The predicted molar refractivity (Wildman–Crippen MR) is 92.8 cm³/mol. The molecule has 0 fully saturated rings.